The van der Waals surface area contributed by atoms with Crippen molar-refractivity contribution in [3.63, 3.8) is 0 Å². The molecule has 16 nitrogen and oxygen atoms in total. The van der Waals surface area contributed by atoms with Gasteiger partial charge in [0.25, 0.3) is 0 Å². The van der Waals surface area contributed by atoms with Crippen LogP contribution in [0.4, 0.5) is 0 Å². The predicted octanol–water partition coefficient (Wildman–Crippen LogP) is 23.3. The number of allylic oxidation sites excluding steroid dienone is 34. The molecule has 5 atom stereocenters. The van der Waals surface area contributed by atoms with E-state index in [2.05, 4.69) is 191 Å². The van der Waals surface area contributed by atoms with E-state index >= 15 is 0 Å². The van der Waals surface area contributed by atoms with Crippen LogP contribution >= 0.6 is 15.6 Å². The second-order valence-corrected chi connectivity index (χ2v) is 28.3. The van der Waals surface area contributed by atoms with Crippen molar-refractivity contribution in [2.45, 2.75) is 283 Å². The topological polar surface area (TPSA) is 231 Å². The van der Waals surface area contributed by atoms with Crippen molar-refractivity contribution in [2.24, 2.45) is 0 Å². The summed E-state index contributed by atoms with van der Waals surface area (Å²) in [6, 6.07) is 0. The summed E-state index contributed by atoms with van der Waals surface area (Å²) in [5, 5.41) is 20.6. The first-order valence-corrected chi connectivity index (χ1v) is 42.4. The molecule has 0 aromatic rings. The van der Waals surface area contributed by atoms with Gasteiger partial charge in [-0.05, 0) is 141 Å². The van der Waals surface area contributed by atoms with E-state index in [1.165, 1.54) is 77.0 Å². The number of esters is 3. The highest BCUT2D eigenvalue weighted by Crippen LogP contribution is 2.45. The molecule has 0 aliphatic heterocycles. The summed E-state index contributed by atoms with van der Waals surface area (Å²) in [5.41, 5.74) is 0. The molecule has 0 aromatic carbocycles. The summed E-state index contributed by atoms with van der Waals surface area (Å²) in [7, 11) is -9.85. The number of phosphoric acid groups is 2. The van der Waals surface area contributed by atoms with E-state index in [9.17, 15) is 43.5 Å². The maximum atomic E-state index is 12.9. The van der Waals surface area contributed by atoms with Gasteiger partial charge < -0.3 is 34.2 Å². The largest absolute Gasteiger partial charge is 0.472 e. The average Bonchev–Trinajstić information content (AvgIpc) is 0.915. The number of aliphatic hydroxyl groups excluding tert-OH is 2. The first kappa shape index (κ1) is 99.1. The third-order valence-corrected chi connectivity index (χ3v) is 17.4. The molecule has 592 valence electrons. The second-order valence-electron chi connectivity index (χ2n) is 25.4. The van der Waals surface area contributed by atoms with Crippen molar-refractivity contribution < 1.29 is 75.8 Å². The van der Waals surface area contributed by atoms with Gasteiger partial charge in [-0.1, -0.05) is 311 Å². The molecular weight excluding hydrogens is 1360 g/mol. The molecule has 0 aliphatic rings. The van der Waals surface area contributed by atoms with Crippen LogP contribution in [0.25, 0.3) is 0 Å². The number of phosphoric ester groups is 2. The molecule has 0 radical (unpaired) electrons. The van der Waals surface area contributed by atoms with Gasteiger partial charge in [0.2, 0.25) is 0 Å². The summed E-state index contributed by atoms with van der Waals surface area (Å²) in [6.07, 6.45) is 103. The van der Waals surface area contributed by atoms with E-state index in [0.717, 1.165) is 116 Å². The summed E-state index contributed by atoms with van der Waals surface area (Å²) in [5.74, 6) is -1.79. The fourth-order valence-electron chi connectivity index (χ4n) is 9.65. The molecule has 0 saturated heterocycles. The van der Waals surface area contributed by atoms with Crippen LogP contribution in [0, 0.1) is 0 Å². The van der Waals surface area contributed by atoms with Crippen LogP contribution in [0.2, 0.25) is 0 Å². The third-order valence-electron chi connectivity index (χ3n) is 15.5. The number of hydrogen-bond acceptors (Lipinski definition) is 14. The Morgan fingerprint density at radius 2 is 0.495 bits per heavy atom. The van der Waals surface area contributed by atoms with Gasteiger partial charge in [-0.25, -0.2) is 9.13 Å². The molecule has 0 fully saturated rings. The Labute approximate surface area is 635 Å². The lowest BCUT2D eigenvalue weighted by Gasteiger charge is -2.21. The zero-order chi connectivity index (χ0) is 76.6. The van der Waals surface area contributed by atoms with Crippen molar-refractivity contribution in [1.82, 2.24) is 0 Å². The molecule has 0 spiro atoms. The maximum absolute atomic E-state index is 12.9. The monoisotopic (exact) mass is 1500 g/mol. The van der Waals surface area contributed by atoms with Crippen molar-refractivity contribution in [3.8, 4) is 0 Å². The summed E-state index contributed by atoms with van der Waals surface area (Å²) >= 11 is 0. The fraction of sp³-hybridized carbons (Fsp3) is 0.575. The number of hydrogen-bond donors (Lipinski definition) is 4. The van der Waals surface area contributed by atoms with Gasteiger partial charge in [-0.15, -0.1) is 0 Å². The highest BCUT2D eigenvalue weighted by atomic mass is 31.2. The number of carbonyl (C=O) groups excluding carboxylic acids is 3. The second kappa shape index (κ2) is 77.7. The molecule has 4 N–H and O–H groups in total. The highest BCUT2D eigenvalue weighted by Gasteiger charge is 2.29. The molecule has 5 unspecified atom stereocenters. The standard InChI is InChI=1S/C87H138O16P2/c1-4-7-10-13-16-19-22-25-28-31-34-35-36-37-38-39-40-41-42-43-44-45-48-50-52-55-58-61-64-67-70-73-85(90)97-76-82(88)77-99-104(93,94)100-78-83(89)79-101-105(95,96)102-81-84(103-87(92)75-72-69-66-63-60-57-54-51-47-33-30-27-24-21-18-15-12-9-6-3)80-98-86(91)74-71-68-65-62-59-56-53-49-46-32-29-26-23-20-17-14-11-8-5-2/h7-12,16-21,25-30,34-35,37-38,46-47,49,51,56-57,59-60,65-66,68-69,82-84,88-89H,4-6,13-15,22-24,31-33,36,39-45,48,50,52-55,58,61-64,67,70-81H2,1-3H3,(H,93,94)(H,95,96)/b10-7-,11-8-,12-9-,19-16-,20-17-,21-18-,28-25-,29-26-,30-27-,35-34-,38-37-,49-46-,51-47-,59-56-,60-57-,68-65-,69-66-. The number of ether oxygens (including phenoxy) is 3. The smallest absolute Gasteiger partial charge is 0.463 e. The third kappa shape index (κ3) is 79.0. The molecular formula is C87H138O16P2. The molecule has 105 heavy (non-hydrogen) atoms. The van der Waals surface area contributed by atoms with Gasteiger partial charge in [-0.3, -0.25) is 32.5 Å². The van der Waals surface area contributed by atoms with Crippen molar-refractivity contribution in [1.29, 1.82) is 0 Å². The van der Waals surface area contributed by atoms with Crippen molar-refractivity contribution in [3.05, 3.63) is 207 Å². The number of aliphatic hydroxyl groups is 2. The first-order valence-electron chi connectivity index (χ1n) is 39.4. The van der Waals surface area contributed by atoms with Crippen LogP contribution in [-0.2, 0) is 55.8 Å². The van der Waals surface area contributed by atoms with Gasteiger partial charge in [0.15, 0.2) is 6.10 Å². The quantitative estimate of drug-likeness (QED) is 0.0146. The Morgan fingerprint density at radius 3 is 0.810 bits per heavy atom. The molecule has 0 amide bonds. The van der Waals surface area contributed by atoms with E-state index < -0.39 is 91.5 Å². The maximum Gasteiger partial charge on any atom is 0.472 e. The van der Waals surface area contributed by atoms with Crippen LogP contribution in [0.5, 0.6) is 0 Å². The Balaban J connectivity index is 4.65. The molecule has 18 heteroatoms. The van der Waals surface area contributed by atoms with E-state index in [1.807, 2.05) is 36.5 Å². The minimum absolute atomic E-state index is 0.0208. The minimum atomic E-state index is -4.98. The van der Waals surface area contributed by atoms with Gasteiger partial charge in [0, 0.05) is 19.3 Å². The Kier molecular flexibility index (Phi) is 73.4. The fourth-order valence-corrected chi connectivity index (χ4v) is 11.2. The lowest BCUT2D eigenvalue weighted by atomic mass is 10.0. The van der Waals surface area contributed by atoms with Gasteiger partial charge in [0.1, 0.15) is 25.4 Å². The lowest BCUT2D eigenvalue weighted by molar-refractivity contribution is -0.161. The predicted molar refractivity (Wildman–Crippen MR) is 435 cm³/mol. The Hall–Kier alpha value is -5.87. The van der Waals surface area contributed by atoms with Crippen molar-refractivity contribution >= 4 is 33.6 Å². The zero-order valence-electron chi connectivity index (χ0n) is 64.6. The molecule has 0 aromatic heterocycles. The summed E-state index contributed by atoms with van der Waals surface area (Å²) in [4.78, 5) is 58.6. The lowest BCUT2D eigenvalue weighted by Crippen LogP contribution is -2.29. The highest BCUT2D eigenvalue weighted by molar-refractivity contribution is 7.47. The molecule has 0 saturated carbocycles. The van der Waals surface area contributed by atoms with Crippen LogP contribution in [-0.4, -0.2) is 95.9 Å². The summed E-state index contributed by atoms with van der Waals surface area (Å²) in [6.45, 7) is 2.13. The molecule has 0 aliphatic carbocycles. The Bertz CT molecular complexity index is 2740. The number of rotatable bonds is 72. The average molecular weight is 1500 g/mol. The zero-order valence-corrected chi connectivity index (χ0v) is 66.3. The van der Waals surface area contributed by atoms with E-state index in [1.54, 1.807) is 0 Å². The van der Waals surface area contributed by atoms with Gasteiger partial charge in [-0.2, -0.15) is 0 Å². The van der Waals surface area contributed by atoms with Crippen molar-refractivity contribution in [2.75, 3.05) is 39.6 Å². The van der Waals surface area contributed by atoms with E-state index in [-0.39, 0.29) is 19.3 Å². The Morgan fingerprint density at radius 1 is 0.267 bits per heavy atom. The molecule has 0 heterocycles. The number of unbranched alkanes of at least 4 members (excludes halogenated alkanes) is 15. The SMILES string of the molecule is CC/C=C\C/C=C\C/C=C\C/C=C\C/C=C\C/C=C\CCC(=O)OCC(COP(=O)(O)OCC(O)COP(=O)(O)OCC(O)COC(=O)CCCCCCCCCCCCCCCCC/C=C\C/C=C\C/C=C\C/C=C\C/C=C\CC)OC(=O)CC/C=C\C/C=C\C/C=C\C/C=C\C/C=C\C/C=C\CC. The van der Waals surface area contributed by atoms with Gasteiger partial charge in [0.05, 0.1) is 26.4 Å². The van der Waals surface area contributed by atoms with Gasteiger partial charge >= 0.3 is 33.6 Å². The van der Waals surface area contributed by atoms with Crippen LogP contribution in [0.3, 0.4) is 0 Å². The van der Waals surface area contributed by atoms with Crippen LogP contribution in [0.15, 0.2) is 207 Å². The van der Waals surface area contributed by atoms with E-state index in [4.69, 9.17) is 32.3 Å². The first-order chi connectivity index (χ1) is 51.2. The number of carbonyl (C=O) groups is 3. The summed E-state index contributed by atoms with van der Waals surface area (Å²) < 4.78 is 60.9. The molecule has 0 bridgehead atoms. The minimum Gasteiger partial charge on any atom is -0.463 e. The van der Waals surface area contributed by atoms with E-state index in [0.29, 0.717) is 32.1 Å². The van der Waals surface area contributed by atoms with Crippen LogP contribution in [0.1, 0.15) is 265 Å². The van der Waals surface area contributed by atoms with Crippen LogP contribution < -0.4 is 0 Å². The molecule has 0 rings (SSSR count). The normalized spacial score (nSPS) is 15.1.